The zero-order chi connectivity index (χ0) is 5.86. The van der Waals surface area contributed by atoms with Crippen molar-refractivity contribution in [2.75, 3.05) is 0 Å². The number of carbonyl (C=O) groups is 1. The molecule has 0 N–H and O–H groups in total. The van der Waals surface area contributed by atoms with Gasteiger partial charge in [-0.2, -0.15) is 0 Å². The van der Waals surface area contributed by atoms with Crippen molar-refractivity contribution in [2.24, 2.45) is 0 Å². The zero-order valence-corrected chi connectivity index (χ0v) is 6.00. The molecule has 0 spiro atoms. The van der Waals surface area contributed by atoms with Crippen LogP contribution in [0.3, 0.4) is 0 Å². The molecule has 0 bridgehead atoms. The van der Waals surface area contributed by atoms with Gasteiger partial charge in [-0.3, -0.25) is 0 Å². The predicted octanol–water partition coefficient (Wildman–Crippen LogP) is 2.04. The van der Waals surface area contributed by atoms with Gasteiger partial charge in [-0.1, -0.05) is 0 Å². The second-order valence-electron chi connectivity index (χ2n) is 0.576. The van der Waals surface area contributed by atoms with Gasteiger partial charge < -0.3 is 4.29 Å². The minimum atomic E-state index is -0.872. The summed E-state index contributed by atoms with van der Waals surface area (Å²) in [6.45, 7) is 0. The average molecular weight is 209 g/mol. The molecule has 0 aromatic carbocycles. The summed E-state index contributed by atoms with van der Waals surface area (Å²) in [6.07, 6.45) is -0.872. The average Bonchev–Trinajstić information content (AvgIpc) is 1.65. The number of rotatable bonds is 0. The Kier molecular flexibility index (Phi) is 3.50. The van der Waals surface area contributed by atoms with Gasteiger partial charge in [0.1, 0.15) is 11.9 Å². The van der Waals surface area contributed by atoms with Gasteiger partial charge in [0.05, 0.1) is 16.1 Å². The van der Waals surface area contributed by atoms with Crippen LogP contribution >= 0.6 is 39.8 Å². The first kappa shape index (κ1) is 7.33. The van der Waals surface area contributed by atoms with E-state index in [1.165, 1.54) is 0 Å². The molecule has 0 aliphatic heterocycles. The molecular weight excluding hydrogens is 209 g/mol. The van der Waals surface area contributed by atoms with Gasteiger partial charge in [0.25, 0.3) is 0 Å². The molecule has 42 valence electrons. The van der Waals surface area contributed by atoms with Crippen LogP contribution in [0.5, 0.6) is 0 Å². The highest BCUT2D eigenvalue weighted by Crippen LogP contribution is 2.05. The maximum atomic E-state index is 9.90. The molecule has 0 radical (unpaired) electrons. The van der Waals surface area contributed by atoms with Crippen LogP contribution in [0.4, 0.5) is 4.79 Å². The minimum absolute atomic E-state index is 0.514. The van der Waals surface area contributed by atoms with Gasteiger partial charge in [0, 0.05) is 11.8 Å². The fraction of sp³-hybridized carbons (Fsp3) is 0. The Bertz CT molecular complexity index is 76.1. The van der Waals surface area contributed by atoms with Crippen LogP contribution in [0.25, 0.3) is 0 Å². The molecule has 1 amide bonds. The molecule has 7 heavy (non-hydrogen) atoms. The van der Waals surface area contributed by atoms with Crippen molar-refractivity contribution < 1.29 is 9.08 Å². The summed E-state index contributed by atoms with van der Waals surface area (Å²) in [6, 6.07) is 0. The van der Waals surface area contributed by atoms with E-state index in [1.807, 2.05) is 0 Å². The Morgan fingerprint density at radius 1 is 1.86 bits per heavy atom. The second kappa shape index (κ2) is 3.35. The van der Waals surface area contributed by atoms with Crippen molar-refractivity contribution >= 4 is 45.9 Å². The van der Waals surface area contributed by atoms with E-state index in [0.717, 1.165) is 0 Å². The Labute approximate surface area is 58.7 Å². The Hall–Kier alpha value is 0.330. The molecule has 0 saturated heterocycles. The van der Waals surface area contributed by atoms with E-state index >= 15 is 0 Å². The summed E-state index contributed by atoms with van der Waals surface area (Å²) in [7, 11) is 0. The molecule has 0 unspecified atom stereocenters. The Morgan fingerprint density at radius 2 is 2.29 bits per heavy atom. The van der Waals surface area contributed by atoms with Crippen LogP contribution < -0.4 is 0 Å². The normalized spacial score (nSPS) is 7.86. The topological polar surface area (TPSA) is 29.5 Å². The molecule has 6 heteroatoms. The smallest absolute Gasteiger partial charge is 0.329 e. The summed E-state index contributed by atoms with van der Waals surface area (Å²) in [5.41, 5.74) is 0. The number of hydrogen-bond acceptors (Lipinski definition) is 2. The molecule has 0 aromatic heterocycles. The molecule has 0 fully saturated rings. The molecule has 0 aromatic rings. The number of amides is 1. The van der Waals surface area contributed by atoms with Crippen molar-refractivity contribution in [2.45, 2.75) is 0 Å². The molecule has 0 rings (SSSR count). The highest BCUT2D eigenvalue weighted by Gasteiger charge is 2.05. The quantitative estimate of drug-likeness (QED) is 0.571. The SMILES string of the molecule is O=C(OCl)N(Cl)Br. The van der Waals surface area contributed by atoms with Gasteiger partial charge >= 0.3 is 6.09 Å². The molecule has 0 saturated carbocycles. The molecule has 0 heterocycles. The lowest BCUT2D eigenvalue weighted by molar-refractivity contribution is 0.201. The van der Waals surface area contributed by atoms with Crippen molar-refractivity contribution in [3.05, 3.63) is 0 Å². The minimum Gasteiger partial charge on any atom is -0.329 e. The maximum Gasteiger partial charge on any atom is 0.453 e. The molecule has 0 aliphatic rings. The molecule has 3 nitrogen and oxygen atoms in total. The van der Waals surface area contributed by atoms with Crippen molar-refractivity contribution in [1.82, 2.24) is 3.45 Å². The maximum absolute atomic E-state index is 9.90. The standard InChI is InChI=1S/CBrCl2NO2/c2-5(3)1(6)7-4. The highest BCUT2D eigenvalue weighted by atomic mass is 79.9. The van der Waals surface area contributed by atoms with Crippen LogP contribution in [-0.4, -0.2) is 9.54 Å². The van der Waals surface area contributed by atoms with E-state index in [1.54, 1.807) is 0 Å². The third-order valence-corrected chi connectivity index (χ3v) is 0.764. The summed E-state index contributed by atoms with van der Waals surface area (Å²) in [4.78, 5) is 9.90. The van der Waals surface area contributed by atoms with Gasteiger partial charge in [-0.15, -0.1) is 3.45 Å². The summed E-state index contributed by atoms with van der Waals surface area (Å²) < 4.78 is 4.11. The van der Waals surface area contributed by atoms with E-state index in [9.17, 15) is 4.79 Å². The largest absolute Gasteiger partial charge is 0.453 e. The van der Waals surface area contributed by atoms with Crippen molar-refractivity contribution in [3.8, 4) is 0 Å². The van der Waals surface area contributed by atoms with Crippen LogP contribution in [-0.2, 0) is 4.29 Å². The first-order valence-electron chi connectivity index (χ1n) is 1.12. The highest BCUT2D eigenvalue weighted by molar-refractivity contribution is 9.08. The third-order valence-electron chi connectivity index (χ3n) is 0.204. The van der Waals surface area contributed by atoms with Gasteiger partial charge in [-0.05, 0) is 0 Å². The number of hydrogen-bond donors (Lipinski definition) is 0. The fourth-order valence-corrected chi connectivity index (χ4v) is 0.321. The van der Waals surface area contributed by atoms with Crippen molar-refractivity contribution in [3.63, 3.8) is 0 Å². The first-order valence-corrected chi connectivity index (χ1v) is 2.48. The van der Waals surface area contributed by atoms with Gasteiger partial charge in [0.2, 0.25) is 0 Å². The van der Waals surface area contributed by atoms with E-state index in [-0.39, 0.29) is 0 Å². The summed E-state index contributed by atoms with van der Waals surface area (Å²) in [5, 5.41) is 0. The lowest BCUT2D eigenvalue weighted by atomic mass is 11.3. The van der Waals surface area contributed by atoms with E-state index in [4.69, 9.17) is 11.8 Å². The number of nitrogens with zero attached hydrogens (tertiary/aromatic N) is 1. The summed E-state index contributed by atoms with van der Waals surface area (Å²) >= 11 is 12.0. The van der Waals surface area contributed by atoms with Crippen molar-refractivity contribution in [1.29, 1.82) is 0 Å². The second-order valence-corrected chi connectivity index (χ2v) is 2.19. The summed E-state index contributed by atoms with van der Waals surface area (Å²) in [5.74, 6) is 0. The van der Waals surface area contributed by atoms with Gasteiger partial charge in [0.15, 0.2) is 0 Å². The lowest BCUT2D eigenvalue weighted by Crippen LogP contribution is -2.06. The monoisotopic (exact) mass is 207 g/mol. The van der Waals surface area contributed by atoms with E-state index in [0.29, 0.717) is 3.45 Å². The number of carbonyl (C=O) groups excluding carboxylic acids is 1. The molecular formula is CBrCl2NO2. The van der Waals surface area contributed by atoms with Gasteiger partial charge in [-0.25, -0.2) is 4.79 Å². The third kappa shape index (κ3) is 2.96. The lowest BCUT2D eigenvalue weighted by Gasteiger charge is -1.95. The van der Waals surface area contributed by atoms with Crippen LogP contribution in [0.2, 0.25) is 0 Å². The van der Waals surface area contributed by atoms with Crippen LogP contribution in [0.1, 0.15) is 0 Å². The number of halogens is 3. The Morgan fingerprint density at radius 3 is 2.29 bits per heavy atom. The zero-order valence-electron chi connectivity index (χ0n) is 2.90. The molecule has 0 aliphatic carbocycles. The fourth-order valence-electron chi connectivity index (χ4n) is 0.0261. The Balaban J connectivity index is 3.35. The van der Waals surface area contributed by atoms with E-state index in [2.05, 4.69) is 32.3 Å². The predicted molar refractivity (Wildman–Crippen MR) is 29.0 cm³/mol. The van der Waals surface area contributed by atoms with Crippen LogP contribution in [0.15, 0.2) is 0 Å². The molecule has 0 atom stereocenters. The van der Waals surface area contributed by atoms with E-state index < -0.39 is 6.09 Å². The van der Waals surface area contributed by atoms with Crippen LogP contribution in [0, 0.1) is 0 Å². The first-order chi connectivity index (χ1) is 3.18.